The normalized spacial score (nSPS) is 10.4. The number of fused-ring (bicyclic) bond motifs is 1. The second-order valence-corrected chi connectivity index (χ2v) is 3.49. The van der Waals surface area contributed by atoms with E-state index in [1.807, 2.05) is 24.3 Å². The lowest BCUT2D eigenvalue weighted by Gasteiger charge is -2.04. The van der Waals surface area contributed by atoms with Crippen molar-refractivity contribution < 1.29 is 14.3 Å². The lowest BCUT2D eigenvalue weighted by molar-refractivity contribution is -0.148. The van der Waals surface area contributed by atoms with Gasteiger partial charge < -0.3 is 15.0 Å². The molecule has 1 heterocycles. The van der Waals surface area contributed by atoms with Crippen molar-refractivity contribution in [1.82, 2.24) is 9.55 Å². The van der Waals surface area contributed by atoms with E-state index >= 15 is 0 Å². The van der Waals surface area contributed by atoms with Gasteiger partial charge >= 0.3 is 5.97 Å². The van der Waals surface area contributed by atoms with E-state index in [0.717, 1.165) is 11.0 Å². The van der Waals surface area contributed by atoms with Crippen LogP contribution in [0.4, 0.5) is 0 Å². The van der Waals surface area contributed by atoms with Gasteiger partial charge in [0.25, 0.3) is 5.91 Å². The van der Waals surface area contributed by atoms with Crippen molar-refractivity contribution in [1.29, 1.82) is 0 Å². The Bertz CT molecular complexity index is 562. The van der Waals surface area contributed by atoms with Crippen LogP contribution in [0, 0.1) is 0 Å². The third kappa shape index (κ3) is 2.60. The van der Waals surface area contributed by atoms with E-state index in [0.29, 0.717) is 0 Å². The average Bonchev–Trinajstić information content (AvgIpc) is 2.70. The SMILES string of the molecule is NC(=O)COC(=O)Cn1cnc2ccccc21. The Hall–Kier alpha value is -2.37. The Kier molecular flexibility index (Phi) is 3.04. The molecule has 0 saturated heterocycles. The number of aromatic nitrogens is 2. The molecule has 2 aromatic rings. The number of imidazole rings is 1. The van der Waals surface area contributed by atoms with Gasteiger partial charge in [0.15, 0.2) is 6.61 Å². The first kappa shape index (κ1) is 11.1. The van der Waals surface area contributed by atoms with Crippen LogP contribution < -0.4 is 5.73 Å². The number of ether oxygens (including phenoxy) is 1. The quantitative estimate of drug-likeness (QED) is 0.757. The maximum atomic E-state index is 11.4. The fourth-order valence-corrected chi connectivity index (χ4v) is 1.47. The molecule has 6 nitrogen and oxygen atoms in total. The molecular formula is C11H11N3O3. The van der Waals surface area contributed by atoms with Crippen LogP contribution in [0.25, 0.3) is 11.0 Å². The largest absolute Gasteiger partial charge is 0.454 e. The molecule has 0 radical (unpaired) electrons. The monoisotopic (exact) mass is 233 g/mol. The van der Waals surface area contributed by atoms with E-state index in [1.54, 1.807) is 10.9 Å². The van der Waals surface area contributed by atoms with Crippen molar-refractivity contribution in [2.24, 2.45) is 5.73 Å². The zero-order valence-corrected chi connectivity index (χ0v) is 9.00. The molecule has 0 fully saturated rings. The summed E-state index contributed by atoms with van der Waals surface area (Å²) in [5.41, 5.74) is 6.51. The van der Waals surface area contributed by atoms with Crippen LogP contribution in [0.5, 0.6) is 0 Å². The number of nitrogens with zero attached hydrogens (tertiary/aromatic N) is 2. The molecule has 2 rings (SSSR count). The maximum Gasteiger partial charge on any atom is 0.326 e. The number of rotatable bonds is 4. The van der Waals surface area contributed by atoms with Crippen LogP contribution in [0.1, 0.15) is 0 Å². The lowest BCUT2D eigenvalue weighted by atomic mass is 10.3. The van der Waals surface area contributed by atoms with E-state index < -0.39 is 18.5 Å². The van der Waals surface area contributed by atoms with E-state index in [1.165, 1.54) is 0 Å². The molecule has 1 amide bonds. The van der Waals surface area contributed by atoms with Crippen LogP contribution in [0.15, 0.2) is 30.6 Å². The highest BCUT2D eigenvalue weighted by atomic mass is 16.5. The van der Waals surface area contributed by atoms with Crippen molar-refractivity contribution in [2.75, 3.05) is 6.61 Å². The number of carbonyl (C=O) groups is 2. The van der Waals surface area contributed by atoms with Gasteiger partial charge in [-0.3, -0.25) is 9.59 Å². The van der Waals surface area contributed by atoms with Crippen molar-refractivity contribution in [3.8, 4) is 0 Å². The van der Waals surface area contributed by atoms with Gasteiger partial charge in [0, 0.05) is 0 Å². The Labute approximate surface area is 97.0 Å². The van der Waals surface area contributed by atoms with Crippen molar-refractivity contribution in [3.63, 3.8) is 0 Å². The molecule has 1 aromatic heterocycles. The molecule has 88 valence electrons. The van der Waals surface area contributed by atoms with Gasteiger partial charge in [-0.25, -0.2) is 4.98 Å². The van der Waals surface area contributed by atoms with Crippen LogP contribution >= 0.6 is 0 Å². The summed E-state index contributed by atoms with van der Waals surface area (Å²) in [5, 5.41) is 0. The van der Waals surface area contributed by atoms with Crippen LogP contribution in [-0.4, -0.2) is 28.0 Å². The topological polar surface area (TPSA) is 87.2 Å². The molecule has 0 aliphatic heterocycles. The molecule has 0 atom stereocenters. The highest BCUT2D eigenvalue weighted by molar-refractivity contribution is 5.80. The summed E-state index contributed by atoms with van der Waals surface area (Å²) < 4.78 is 6.32. The number of para-hydroxylation sites is 2. The Balaban J connectivity index is 2.08. The first-order valence-corrected chi connectivity index (χ1v) is 5.00. The minimum absolute atomic E-state index is 0.00773. The third-order valence-electron chi connectivity index (χ3n) is 2.20. The Morgan fingerprint density at radius 2 is 2.12 bits per heavy atom. The second kappa shape index (κ2) is 4.65. The summed E-state index contributed by atoms with van der Waals surface area (Å²) in [6.45, 7) is -0.390. The van der Waals surface area contributed by atoms with Gasteiger partial charge in [0.2, 0.25) is 0 Å². The van der Waals surface area contributed by atoms with E-state index in [-0.39, 0.29) is 6.54 Å². The number of amides is 1. The zero-order chi connectivity index (χ0) is 12.3. The minimum Gasteiger partial charge on any atom is -0.454 e. The smallest absolute Gasteiger partial charge is 0.326 e. The number of esters is 1. The summed E-state index contributed by atoms with van der Waals surface area (Å²) in [6.07, 6.45) is 1.55. The van der Waals surface area contributed by atoms with Crippen molar-refractivity contribution in [2.45, 2.75) is 6.54 Å². The summed E-state index contributed by atoms with van der Waals surface area (Å²) >= 11 is 0. The highest BCUT2D eigenvalue weighted by Crippen LogP contribution is 2.11. The second-order valence-electron chi connectivity index (χ2n) is 3.49. The van der Waals surface area contributed by atoms with Gasteiger partial charge in [-0.15, -0.1) is 0 Å². The Morgan fingerprint density at radius 3 is 2.88 bits per heavy atom. The predicted molar refractivity (Wildman–Crippen MR) is 59.9 cm³/mol. The molecule has 0 bridgehead atoms. The van der Waals surface area contributed by atoms with Gasteiger partial charge in [-0.2, -0.15) is 0 Å². The van der Waals surface area contributed by atoms with Crippen LogP contribution in [-0.2, 0) is 20.9 Å². The number of primary amides is 1. The molecular weight excluding hydrogens is 222 g/mol. The highest BCUT2D eigenvalue weighted by Gasteiger charge is 2.08. The van der Waals surface area contributed by atoms with Crippen molar-refractivity contribution >= 4 is 22.9 Å². The average molecular weight is 233 g/mol. The summed E-state index contributed by atoms with van der Waals surface area (Å²) in [4.78, 5) is 26.0. The van der Waals surface area contributed by atoms with Crippen LogP contribution in [0.3, 0.4) is 0 Å². The molecule has 0 aliphatic carbocycles. The number of benzene rings is 1. The van der Waals surface area contributed by atoms with Gasteiger partial charge in [-0.1, -0.05) is 12.1 Å². The van der Waals surface area contributed by atoms with Gasteiger partial charge in [0.05, 0.1) is 17.4 Å². The number of hydrogen-bond acceptors (Lipinski definition) is 4. The minimum atomic E-state index is -0.672. The third-order valence-corrected chi connectivity index (χ3v) is 2.20. The predicted octanol–water partition coefficient (Wildman–Crippen LogP) is 0.0648. The molecule has 6 heteroatoms. The molecule has 0 saturated carbocycles. The fraction of sp³-hybridized carbons (Fsp3) is 0.182. The molecule has 17 heavy (non-hydrogen) atoms. The number of carbonyl (C=O) groups excluding carboxylic acids is 2. The fourth-order valence-electron chi connectivity index (χ4n) is 1.47. The Morgan fingerprint density at radius 1 is 1.35 bits per heavy atom. The molecule has 1 aromatic carbocycles. The molecule has 0 unspecified atom stereocenters. The summed E-state index contributed by atoms with van der Waals surface area (Å²) in [5.74, 6) is -1.19. The summed E-state index contributed by atoms with van der Waals surface area (Å²) in [7, 11) is 0. The standard InChI is InChI=1S/C11H11N3O3/c12-10(15)6-17-11(16)5-14-7-13-8-3-1-2-4-9(8)14/h1-4,7H,5-6H2,(H2,12,15). The van der Waals surface area contributed by atoms with E-state index in [9.17, 15) is 9.59 Å². The van der Waals surface area contributed by atoms with E-state index in [4.69, 9.17) is 5.73 Å². The lowest BCUT2D eigenvalue weighted by Crippen LogP contribution is -2.22. The van der Waals surface area contributed by atoms with E-state index in [2.05, 4.69) is 9.72 Å². The molecule has 0 spiro atoms. The van der Waals surface area contributed by atoms with Crippen LogP contribution in [0.2, 0.25) is 0 Å². The van der Waals surface area contributed by atoms with Gasteiger partial charge in [0.1, 0.15) is 6.54 Å². The number of hydrogen-bond donors (Lipinski definition) is 1. The molecule has 2 N–H and O–H groups in total. The van der Waals surface area contributed by atoms with Crippen molar-refractivity contribution in [3.05, 3.63) is 30.6 Å². The molecule has 0 aliphatic rings. The van der Waals surface area contributed by atoms with Gasteiger partial charge in [-0.05, 0) is 12.1 Å². The maximum absolute atomic E-state index is 11.4. The first-order chi connectivity index (χ1) is 8.16. The zero-order valence-electron chi connectivity index (χ0n) is 9.00. The number of nitrogens with two attached hydrogens (primary N) is 1. The summed E-state index contributed by atoms with van der Waals surface area (Å²) in [6, 6.07) is 7.42. The first-order valence-electron chi connectivity index (χ1n) is 5.00.